The van der Waals surface area contributed by atoms with Gasteiger partial charge in [0.1, 0.15) is 0 Å². The Labute approximate surface area is 96.6 Å². The van der Waals surface area contributed by atoms with Crippen molar-refractivity contribution in [3.63, 3.8) is 0 Å². The number of hydrogen-bond donors (Lipinski definition) is 0. The summed E-state index contributed by atoms with van der Waals surface area (Å²) in [5.41, 5.74) is 1.05. The van der Waals surface area contributed by atoms with Crippen LogP contribution in [0.4, 0.5) is 0 Å². The summed E-state index contributed by atoms with van der Waals surface area (Å²) in [4.78, 5) is 0. The van der Waals surface area contributed by atoms with Crippen LogP contribution in [0, 0.1) is 5.92 Å². The molecule has 2 heterocycles. The highest BCUT2D eigenvalue weighted by atomic mass is 32.2. The molecule has 1 saturated heterocycles. The molecule has 0 N–H and O–H groups in total. The zero-order valence-corrected chi connectivity index (χ0v) is 10.6. The first kappa shape index (κ1) is 11.6. The number of rotatable bonds is 3. The fourth-order valence-electron chi connectivity index (χ4n) is 2.09. The summed E-state index contributed by atoms with van der Waals surface area (Å²) in [6, 6.07) is 2.04. The second-order valence-electron chi connectivity index (χ2n) is 4.94. The maximum atomic E-state index is 11.4. The lowest BCUT2D eigenvalue weighted by Crippen LogP contribution is -2.12. The third-order valence-corrected chi connectivity index (χ3v) is 4.61. The summed E-state index contributed by atoms with van der Waals surface area (Å²) in [6.07, 6.45) is 3.56. The second-order valence-corrected chi connectivity index (χ2v) is 7.17. The third-order valence-electron chi connectivity index (χ3n) is 2.86. The summed E-state index contributed by atoms with van der Waals surface area (Å²) in [7, 11) is -2.82. The van der Waals surface area contributed by atoms with Gasteiger partial charge in [0.05, 0.1) is 23.2 Å². The quantitative estimate of drug-likeness (QED) is 0.806. The van der Waals surface area contributed by atoms with Crippen molar-refractivity contribution >= 4 is 9.84 Å². The zero-order chi connectivity index (χ0) is 11.8. The Kier molecular flexibility index (Phi) is 3.06. The standard InChI is InChI=1S/C11H18N2O2S/c1-9(2)7-10-3-5-13(12-10)11-4-6-16(14,15)8-11/h3,5,9,11H,4,6-8H2,1-2H3. The van der Waals surface area contributed by atoms with Gasteiger partial charge < -0.3 is 0 Å². The van der Waals surface area contributed by atoms with Crippen LogP contribution in [0.15, 0.2) is 12.3 Å². The first-order valence-electron chi connectivity index (χ1n) is 5.71. The molecule has 0 saturated carbocycles. The molecule has 0 amide bonds. The van der Waals surface area contributed by atoms with Gasteiger partial charge in [0.2, 0.25) is 0 Å². The van der Waals surface area contributed by atoms with Crippen LogP contribution >= 0.6 is 0 Å². The monoisotopic (exact) mass is 242 g/mol. The van der Waals surface area contributed by atoms with Crippen LogP contribution in [0.2, 0.25) is 0 Å². The molecule has 1 aromatic heterocycles. The smallest absolute Gasteiger partial charge is 0.152 e. The van der Waals surface area contributed by atoms with Gasteiger partial charge in [0.25, 0.3) is 0 Å². The molecule has 0 aromatic carbocycles. The fourth-order valence-corrected chi connectivity index (χ4v) is 3.80. The molecule has 1 unspecified atom stereocenters. The van der Waals surface area contributed by atoms with Gasteiger partial charge in [-0.05, 0) is 24.8 Å². The van der Waals surface area contributed by atoms with Gasteiger partial charge in [0.15, 0.2) is 9.84 Å². The van der Waals surface area contributed by atoms with Gasteiger partial charge in [-0.15, -0.1) is 0 Å². The predicted molar refractivity (Wildman–Crippen MR) is 63.1 cm³/mol. The average Bonchev–Trinajstić information content (AvgIpc) is 2.71. The van der Waals surface area contributed by atoms with Crippen LogP contribution in [0.5, 0.6) is 0 Å². The Hall–Kier alpha value is -0.840. The van der Waals surface area contributed by atoms with Crippen LogP contribution in [-0.4, -0.2) is 29.7 Å². The van der Waals surface area contributed by atoms with Crippen LogP contribution in [0.3, 0.4) is 0 Å². The molecule has 1 fully saturated rings. The Morgan fingerprint density at radius 3 is 2.88 bits per heavy atom. The van der Waals surface area contributed by atoms with Gasteiger partial charge in [0, 0.05) is 6.20 Å². The van der Waals surface area contributed by atoms with E-state index in [1.807, 2.05) is 16.9 Å². The summed E-state index contributed by atoms with van der Waals surface area (Å²) < 4.78 is 24.5. The van der Waals surface area contributed by atoms with E-state index in [0.717, 1.165) is 12.1 Å². The van der Waals surface area contributed by atoms with Crippen LogP contribution in [0.1, 0.15) is 32.0 Å². The molecule has 1 aromatic rings. The van der Waals surface area contributed by atoms with Gasteiger partial charge in [-0.1, -0.05) is 13.8 Å². The molecule has 1 aliphatic rings. The maximum absolute atomic E-state index is 11.4. The van der Waals surface area contributed by atoms with Crippen molar-refractivity contribution in [3.05, 3.63) is 18.0 Å². The van der Waals surface area contributed by atoms with Crippen molar-refractivity contribution in [2.75, 3.05) is 11.5 Å². The highest BCUT2D eigenvalue weighted by molar-refractivity contribution is 7.91. The maximum Gasteiger partial charge on any atom is 0.152 e. The number of aromatic nitrogens is 2. The predicted octanol–water partition coefficient (Wildman–Crippen LogP) is 1.44. The minimum absolute atomic E-state index is 0.0471. The Balaban J connectivity index is 2.08. The fraction of sp³-hybridized carbons (Fsp3) is 0.727. The summed E-state index contributed by atoms with van der Waals surface area (Å²) in [6.45, 7) is 4.30. The van der Waals surface area contributed by atoms with Gasteiger partial charge >= 0.3 is 0 Å². The first-order valence-corrected chi connectivity index (χ1v) is 7.53. The van der Waals surface area contributed by atoms with E-state index in [9.17, 15) is 8.42 Å². The molecule has 1 atom stereocenters. The lowest BCUT2D eigenvalue weighted by molar-refractivity contribution is 0.490. The van der Waals surface area contributed by atoms with Gasteiger partial charge in [-0.25, -0.2) is 8.42 Å². The molecule has 5 heteroatoms. The summed E-state index contributed by atoms with van der Waals surface area (Å²) in [5.74, 6) is 1.13. The van der Waals surface area contributed by atoms with E-state index in [0.29, 0.717) is 18.1 Å². The Bertz CT molecular complexity index is 462. The second kappa shape index (κ2) is 4.20. The average molecular weight is 242 g/mol. The third kappa shape index (κ3) is 2.64. The normalized spacial score (nSPS) is 24.1. The molecule has 4 nitrogen and oxygen atoms in total. The number of sulfone groups is 1. The molecule has 90 valence electrons. The van der Waals surface area contributed by atoms with Crippen LogP contribution in [0.25, 0.3) is 0 Å². The first-order chi connectivity index (χ1) is 7.46. The van der Waals surface area contributed by atoms with Crippen molar-refractivity contribution in [1.82, 2.24) is 9.78 Å². The SMILES string of the molecule is CC(C)Cc1ccn(C2CCS(=O)(=O)C2)n1. The molecule has 0 radical (unpaired) electrons. The molecule has 0 bridgehead atoms. The van der Waals surface area contributed by atoms with E-state index >= 15 is 0 Å². The van der Waals surface area contributed by atoms with Crippen molar-refractivity contribution in [1.29, 1.82) is 0 Å². The van der Waals surface area contributed by atoms with Gasteiger partial charge in [-0.3, -0.25) is 4.68 Å². The lowest BCUT2D eigenvalue weighted by atomic mass is 10.1. The molecule has 16 heavy (non-hydrogen) atoms. The lowest BCUT2D eigenvalue weighted by Gasteiger charge is -2.07. The highest BCUT2D eigenvalue weighted by Crippen LogP contribution is 2.23. The van der Waals surface area contributed by atoms with Crippen molar-refractivity contribution in [3.8, 4) is 0 Å². The van der Waals surface area contributed by atoms with Crippen molar-refractivity contribution in [2.24, 2.45) is 5.92 Å². The number of hydrogen-bond acceptors (Lipinski definition) is 3. The van der Waals surface area contributed by atoms with E-state index in [1.54, 1.807) is 0 Å². The van der Waals surface area contributed by atoms with E-state index in [-0.39, 0.29) is 11.8 Å². The molecular formula is C11H18N2O2S. The topological polar surface area (TPSA) is 52.0 Å². The van der Waals surface area contributed by atoms with E-state index in [1.165, 1.54) is 0 Å². The van der Waals surface area contributed by atoms with Crippen molar-refractivity contribution < 1.29 is 8.42 Å². The largest absolute Gasteiger partial charge is 0.268 e. The highest BCUT2D eigenvalue weighted by Gasteiger charge is 2.29. The van der Waals surface area contributed by atoms with Crippen molar-refractivity contribution in [2.45, 2.75) is 32.7 Å². The van der Waals surface area contributed by atoms with Crippen LogP contribution in [-0.2, 0) is 16.3 Å². The summed E-state index contributed by atoms with van der Waals surface area (Å²) in [5, 5.41) is 4.45. The van der Waals surface area contributed by atoms with Gasteiger partial charge in [-0.2, -0.15) is 5.10 Å². The van der Waals surface area contributed by atoms with E-state index in [2.05, 4.69) is 18.9 Å². The molecule has 0 aliphatic carbocycles. The summed E-state index contributed by atoms with van der Waals surface area (Å²) >= 11 is 0. The van der Waals surface area contributed by atoms with E-state index < -0.39 is 9.84 Å². The van der Waals surface area contributed by atoms with E-state index in [4.69, 9.17) is 0 Å². The minimum atomic E-state index is -2.82. The van der Waals surface area contributed by atoms with Crippen LogP contribution < -0.4 is 0 Å². The molecule has 2 rings (SSSR count). The molecular weight excluding hydrogens is 224 g/mol. The molecule has 0 spiro atoms. The molecule has 1 aliphatic heterocycles. The minimum Gasteiger partial charge on any atom is -0.268 e. The zero-order valence-electron chi connectivity index (χ0n) is 9.76. The number of nitrogens with zero attached hydrogens (tertiary/aromatic N) is 2. The Morgan fingerprint density at radius 1 is 1.56 bits per heavy atom. The Morgan fingerprint density at radius 2 is 2.31 bits per heavy atom.